The molecule has 2 heterocycles. The maximum Gasteiger partial charge on any atom is 0.230 e. The number of hydrazone groups is 1. The van der Waals surface area contributed by atoms with Crippen LogP contribution in [0.2, 0.25) is 0 Å². The number of aromatic nitrogens is 1. The lowest BCUT2D eigenvalue weighted by atomic mass is 10.2. The lowest BCUT2D eigenvalue weighted by Gasteiger charge is -2.25. The third-order valence-electron chi connectivity index (χ3n) is 4.38. The number of nitrogens with zero attached hydrogens (tertiary/aromatic N) is 4. The first-order valence-corrected chi connectivity index (χ1v) is 9.53. The van der Waals surface area contributed by atoms with Crippen LogP contribution in [-0.4, -0.2) is 10.8 Å². The molecule has 0 amide bonds. The number of hydrogen-bond acceptors (Lipinski definition) is 6. The van der Waals surface area contributed by atoms with Gasteiger partial charge in [0, 0.05) is 5.56 Å². The molecule has 0 unspecified atom stereocenters. The fourth-order valence-electron chi connectivity index (χ4n) is 2.96. The van der Waals surface area contributed by atoms with Gasteiger partial charge in [0.2, 0.25) is 5.13 Å². The second-order valence-corrected chi connectivity index (χ2v) is 7.34. The summed E-state index contributed by atoms with van der Waals surface area (Å²) in [6.45, 7) is 2.08. The molecule has 27 heavy (non-hydrogen) atoms. The van der Waals surface area contributed by atoms with Crippen molar-refractivity contribution in [3.63, 3.8) is 0 Å². The van der Waals surface area contributed by atoms with Crippen LogP contribution in [0.5, 0.6) is 0 Å². The van der Waals surface area contributed by atoms with Crippen LogP contribution in [0.1, 0.15) is 11.1 Å². The van der Waals surface area contributed by atoms with Crippen LogP contribution < -0.4 is 15.7 Å². The van der Waals surface area contributed by atoms with Crippen molar-refractivity contribution < 1.29 is 0 Å². The molecule has 1 aliphatic heterocycles. The van der Waals surface area contributed by atoms with E-state index in [1.54, 1.807) is 11.3 Å². The number of amidine groups is 1. The van der Waals surface area contributed by atoms with Gasteiger partial charge in [0.1, 0.15) is 0 Å². The van der Waals surface area contributed by atoms with E-state index in [1.165, 1.54) is 5.56 Å². The normalized spacial score (nSPS) is 13.7. The number of rotatable bonds is 3. The smallest absolute Gasteiger partial charge is 0.230 e. The lowest BCUT2D eigenvalue weighted by molar-refractivity contribution is 0.768. The van der Waals surface area contributed by atoms with Crippen LogP contribution >= 0.6 is 11.3 Å². The quantitative estimate of drug-likeness (QED) is 0.566. The highest BCUT2D eigenvalue weighted by molar-refractivity contribution is 7.22. The Bertz CT molecular complexity index is 1090. The van der Waals surface area contributed by atoms with Gasteiger partial charge >= 0.3 is 0 Å². The van der Waals surface area contributed by atoms with Crippen molar-refractivity contribution in [2.75, 3.05) is 10.2 Å². The fourth-order valence-corrected chi connectivity index (χ4v) is 3.87. The first kappa shape index (κ1) is 15.8. The van der Waals surface area contributed by atoms with E-state index in [2.05, 4.69) is 42.7 Å². The van der Waals surface area contributed by atoms with Gasteiger partial charge in [0.15, 0.2) is 5.84 Å². The number of para-hydroxylation sites is 1. The number of thiazole rings is 1. The highest BCUT2D eigenvalue weighted by atomic mass is 32.1. The summed E-state index contributed by atoms with van der Waals surface area (Å²) in [7, 11) is 0. The van der Waals surface area contributed by atoms with Crippen LogP contribution in [0.15, 0.2) is 84.0 Å². The zero-order chi connectivity index (χ0) is 18.2. The third-order valence-corrected chi connectivity index (χ3v) is 5.38. The Morgan fingerprint density at radius 2 is 1.59 bits per heavy atom. The molecule has 0 bridgehead atoms. The molecule has 0 radical (unpaired) electrons. The van der Waals surface area contributed by atoms with E-state index in [0.29, 0.717) is 0 Å². The van der Waals surface area contributed by atoms with Gasteiger partial charge in [0.25, 0.3) is 0 Å². The van der Waals surface area contributed by atoms with Crippen LogP contribution in [0.25, 0.3) is 10.2 Å². The molecule has 0 saturated heterocycles. The molecule has 1 N–H and O–H groups in total. The van der Waals surface area contributed by atoms with E-state index < -0.39 is 0 Å². The Morgan fingerprint density at radius 3 is 2.37 bits per heavy atom. The maximum absolute atomic E-state index is 4.82. The topological polar surface area (TPSA) is 43.8 Å². The highest BCUT2D eigenvalue weighted by Gasteiger charge is 2.28. The van der Waals surface area contributed by atoms with Crippen molar-refractivity contribution >= 4 is 38.2 Å². The first-order valence-electron chi connectivity index (χ1n) is 8.71. The van der Waals surface area contributed by atoms with E-state index in [4.69, 9.17) is 10.1 Å². The molecule has 5 rings (SSSR count). The summed E-state index contributed by atoms with van der Waals surface area (Å²) in [4.78, 5) is 4.77. The zero-order valence-corrected chi connectivity index (χ0v) is 15.5. The summed E-state index contributed by atoms with van der Waals surface area (Å²) in [5.41, 5.74) is 7.63. The largest absolute Gasteiger partial charge is 0.259 e. The molecule has 0 aliphatic carbocycles. The fraction of sp³-hybridized carbons (Fsp3) is 0.0476. The molecule has 4 aromatic rings. The molecule has 1 aromatic heterocycles. The van der Waals surface area contributed by atoms with Crippen molar-refractivity contribution in [3.8, 4) is 0 Å². The van der Waals surface area contributed by atoms with Gasteiger partial charge in [-0.25, -0.2) is 4.98 Å². The molecule has 0 saturated carbocycles. The molecule has 3 aromatic carbocycles. The number of aryl methyl sites for hydroxylation is 1. The molecule has 5 nitrogen and oxygen atoms in total. The van der Waals surface area contributed by atoms with E-state index in [9.17, 15) is 0 Å². The molecule has 1 aliphatic rings. The van der Waals surface area contributed by atoms with Crippen molar-refractivity contribution in [1.29, 1.82) is 0 Å². The predicted molar refractivity (Wildman–Crippen MR) is 112 cm³/mol. The zero-order valence-electron chi connectivity index (χ0n) is 14.7. The number of hydrazine groups is 2. The number of nitrogens with one attached hydrogen (secondary N) is 1. The Labute approximate surface area is 161 Å². The van der Waals surface area contributed by atoms with E-state index in [-0.39, 0.29) is 0 Å². The van der Waals surface area contributed by atoms with Gasteiger partial charge in [0.05, 0.1) is 15.9 Å². The molecule has 0 fully saturated rings. The maximum atomic E-state index is 4.82. The Morgan fingerprint density at radius 1 is 0.852 bits per heavy atom. The van der Waals surface area contributed by atoms with E-state index in [0.717, 1.165) is 32.4 Å². The van der Waals surface area contributed by atoms with Crippen LogP contribution in [0, 0.1) is 6.92 Å². The average Bonchev–Trinajstić information content (AvgIpc) is 3.33. The minimum Gasteiger partial charge on any atom is -0.259 e. The standard InChI is InChI=1S/C21H17N5S/c1-15-11-13-17(14-12-15)25-23-20(16-7-3-2-4-8-16)24-26(25)21-22-18-9-5-6-10-19(18)27-21/h2-14H,1H3,(H,23,24). The van der Waals surface area contributed by atoms with Gasteiger partial charge < -0.3 is 0 Å². The monoisotopic (exact) mass is 371 g/mol. The summed E-state index contributed by atoms with van der Waals surface area (Å²) in [5.74, 6) is 0.787. The number of hydrogen-bond donors (Lipinski definition) is 1. The van der Waals surface area contributed by atoms with Crippen LogP contribution in [0.4, 0.5) is 10.8 Å². The summed E-state index contributed by atoms with van der Waals surface area (Å²) in [6, 6.07) is 26.6. The molecule has 6 heteroatoms. The summed E-state index contributed by atoms with van der Waals surface area (Å²) >= 11 is 1.62. The van der Waals surface area contributed by atoms with Crippen molar-refractivity contribution in [1.82, 2.24) is 10.4 Å². The molecular weight excluding hydrogens is 354 g/mol. The van der Waals surface area contributed by atoms with E-state index >= 15 is 0 Å². The van der Waals surface area contributed by atoms with Gasteiger partial charge in [-0.05, 0) is 31.2 Å². The average molecular weight is 371 g/mol. The summed E-state index contributed by atoms with van der Waals surface area (Å²) in [5, 5.41) is 9.39. The Balaban J connectivity index is 1.60. The predicted octanol–water partition coefficient (Wildman–Crippen LogP) is 4.71. The van der Waals surface area contributed by atoms with Crippen LogP contribution in [-0.2, 0) is 0 Å². The summed E-state index contributed by atoms with van der Waals surface area (Å²) in [6.07, 6.45) is 0. The molecule has 0 atom stereocenters. The number of anilines is 2. The van der Waals surface area contributed by atoms with Gasteiger partial charge in [-0.15, -0.1) is 10.2 Å². The number of fused-ring (bicyclic) bond motifs is 1. The van der Waals surface area contributed by atoms with Crippen molar-refractivity contribution in [2.24, 2.45) is 5.10 Å². The second kappa shape index (κ2) is 6.41. The Kier molecular flexibility index (Phi) is 3.76. The lowest BCUT2D eigenvalue weighted by Crippen LogP contribution is -2.44. The van der Waals surface area contributed by atoms with Gasteiger partial charge in [-0.1, -0.05) is 71.5 Å². The number of benzene rings is 3. The Hall–Kier alpha value is -3.38. The minimum atomic E-state index is 0.787. The molecular formula is C21H17N5S. The minimum absolute atomic E-state index is 0.787. The molecule has 0 spiro atoms. The van der Waals surface area contributed by atoms with Crippen molar-refractivity contribution in [3.05, 3.63) is 90.0 Å². The van der Waals surface area contributed by atoms with Gasteiger partial charge in [-0.3, -0.25) is 5.43 Å². The SMILES string of the molecule is Cc1ccc(N2NC(c3ccccc3)=NN2c2nc3ccccc3s2)cc1. The second-order valence-electron chi connectivity index (χ2n) is 6.33. The van der Waals surface area contributed by atoms with E-state index in [1.807, 2.05) is 58.8 Å². The summed E-state index contributed by atoms with van der Waals surface area (Å²) < 4.78 is 1.14. The first-order chi connectivity index (χ1) is 13.3. The van der Waals surface area contributed by atoms with Gasteiger partial charge in [-0.2, -0.15) is 5.12 Å². The van der Waals surface area contributed by atoms with Crippen LogP contribution in [0.3, 0.4) is 0 Å². The molecule has 132 valence electrons. The highest BCUT2D eigenvalue weighted by Crippen LogP contribution is 2.32. The van der Waals surface area contributed by atoms with Crippen molar-refractivity contribution in [2.45, 2.75) is 6.92 Å². The third kappa shape index (κ3) is 2.90.